The van der Waals surface area contributed by atoms with E-state index in [1.54, 1.807) is 14.0 Å². The first-order valence-electron chi connectivity index (χ1n) is 4.65. The second-order valence-electron chi connectivity index (χ2n) is 4.24. The largest absolute Gasteiger partial charge is 0.460 e. The van der Waals surface area contributed by atoms with Crippen molar-refractivity contribution < 1.29 is 19.0 Å². The molecule has 0 amide bonds. The van der Waals surface area contributed by atoms with Gasteiger partial charge in [-0.1, -0.05) is 0 Å². The lowest BCUT2D eigenvalue weighted by Crippen LogP contribution is -2.29. The van der Waals surface area contributed by atoms with E-state index >= 15 is 0 Å². The van der Waals surface area contributed by atoms with Gasteiger partial charge in [0.05, 0.1) is 12.0 Å². The maximum Gasteiger partial charge on any atom is 0.311 e. The lowest BCUT2D eigenvalue weighted by Gasteiger charge is -2.20. The van der Waals surface area contributed by atoms with Crippen molar-refractivity contribution in [3.05, 3.63) is 0 Å². The topological polar surface area (TPSA) is 44.8 Å². The molecule has 0 N–H and O–H groups in total. The Hall–Kier alpha value is -0.610. The van der Waals surface area contributed by atoms with Crippen LogP contribution in [0.3, 0.4) is 0 Å². The van der Waals surface area contributed by atoms with E-state index in [-0.39, 0.29) is 18.9 Å². The molecule has 0 heterocycles. The molecule has 0 bridgehead atoms. The highest BCUT2D eigenvalue weighted by molar-refractivity contribution is 5.75. The van der Waals surface area contributed by atoms with Crippen molar-refractivity contribution in [2.24, 2.45) is 5.41 Å². The molecular weight excluding hydrogens is 184 g/mol. The Morgan fingerprint density at radius 1 is 1.36 bits per heavy atom. The molecule has 0 spiro atoms. The minimum Gasteiger partial charge on any atom is -0.460 e. The number of carbonyl (C=O) groups is 1. The summed E-state index contributed by atoms with van der Waals surface area (Å²) in [6.45, 7) is 7.82. The van der Waals surface area contributed by atoms with Gasteiger partial charge in [-0.2, -0.15) is 0 Å². The summed E-state index contributed by atoms with van der Waals surface area (Å²) in [5, 5.41) is 0. The van der Waals surface area contributed by atoms with Crippen molar-refractivity contribution >= 4 is 5.97 Å². The van der Waals surface area contributed by atoms with Crippen molar-refractivity contribution in [3.8, 4) is 0 Å². The van der Waals surface area contributed by atoms with Crippen LogP contribution in [-0.4, -0.2) is 32.6 Å². The predicted molar refractivity (Wildman–Crippen MR) is 52.8 cm³/mol. The van der Waals surface area contributed by atoms with Crippen LogP contribution in [0.5, 0.6) is 0 Å². The number of hydrogen-bond acceptors (Lipinski definition) is 4. The fourth-order valence-electron chi connectivity index (χ4n) is 0.691. The number of esters is 1. The van der Waals surface area contributed by atoms with E-state index in [2.05, 4.69) is 0 Å². The number of methoxy groups -OCH3 is 1. The molecule has 0 saturated carbocycles. The Morgan fingerprint density at radius 2 is 1.93 bits per heavy atom. The van der Waals surface area contributed by atoms with Gasteiger partial charge >= 0.3 is 5.97 Å². The molecule has 4 nitrogen and oxygen atoms in total. The average molecular weight is 204 g/mol. The third-order valence-electron chi connectivity index (χ3n) is 1.47. The Bertz CT molecular complexity index is 171. The lowest BCUT2D eigenvalue weighted by atomic mass is 9.97. The van der Waals surface area contributed by atoms with E-state index in [1.807, 2.05) is 20.8 Å². The predicted octanol–water partition coefficient (Wildman–Crippen LogP) is 1.58. The van der Waals surface area contributed by atoms with Gasteiger partial charge < -0.3 is 14.2 Å². The molecule has 0 aromatic heterocycles. The van der Waals surface area contributed by atoms with Gasteiger partial charge in [-0.05, 0) is 27.7 Å². The highest BCUT2D eigenvalue weighted by atomic mass is 16.7. The number of ether oxygens (including phenoxy) is 3. The lowest BCUT2D eigenvalue weighted by molar-refractivity contribution is -0.162. The minimum absolute atomic E-state index is 0.217. The van der Waals surface area contributed by atoms with Gasteiger partial charge in [0.2, 0.25) is 0 Å². The zero-order chi connectivity index (χ0) is 11.2. The number of carbonyl (C=O) groups excluding carboxylic acids is 1. The van der Waals surface area contributed by atoms with Crippen LogP contribution in [0.1, 0.15) is 27.7 Å². The maximum atomic E-state index is 11.4. The number of hydrogen-bond donors (Lipinski definition) is 0. The molecule has 0 saturated heterocycles. The molecule has 0 aromatic rings. The highest BCUT2D eigenvalue weighted by Crippen LogP contribution is 2.16. The molecule has 84 valence electrons. The van der Waals surface area contributed by atoms with Gasteiger partial charge in [0, 0.05) is 7.11 Å². The Labute approximate surface area is 85.5 Å². The first kappa shape index (κ1) is 13.4. The zero-order valence-corrected chi connectivity index (χ0v) is 9.62. The summed E-state index contributed by atoms with van der Waals surface area (Å²) in [4.78, 5) is 11.4. The van der Waals surface area contributed by atoms with Crippen LogP contribution in [0.2, 0.25) is 0 Å². The van der Waals surface area contributed by atoms with Gasteiger partial charge in [-0.15, -0.1) is 0 Å². The second kappa shape index (κ2) is 5.98. The first-order chi connectivity index (χ1) is 6.38. The summed E-state index contributed by atoms with van der Waals surface area (Å²) in [7, 11) is 1.55. The number of rotatable bonds is 5. The van der Waals surface area contributed by atoms with Crippen LogP contribution in [0.25, 0.3) is 0 Å². The van der Waals surface area contributed by atoms with Crippen molar-refractivity contribution in [2.75, 3.05) is 20.5 Å². The van der Waals surface area contributed by atoms with E-state index in [9.17, 15) is 4.79 Å². The fraction of sp³-hybridized carbons (Fsp3) is 0.900. The van der Waals surface area contributed by atoms with Gasteiger partial charge in [0.1, 0.15) is 12.9 Å². The summed E-state index contributed by atoms with van der Waals surface area (Å²) < 4.78 is 14.9. The van der Waals surface area contributed by atoms with Gasteiger partial charge in [-0.3, -0.25) is 4.79 Å². The van der Waals surface area contributed by atoms with Crippen LogP contribution < -0.4 is 0 Å². The van der Waals surface area contributed by atoms with E-state index in [1.165, 1.54) is 0 Å². The van der Waals surface area contributed by atoms with E-state index < -0.39 is 5.41 Å². The summed E-state index contributed by atoms with van der Waals surface area (Å²) in [5.41, 5.74) is -0.463. The standard InChI is InChI=1S/C10H20O4/c1-8(6-13-7-12-5)14-9(11)10(2,3)4/h8H,6-7H2,1-5H3. The molecule has 0 rings (SSSR count). The molecule has 0 radical (unpaired) electrons. The highest BCUT2D eigenvalue weighted by Gasteiger charge is 2.24. The van der Waals surface area contributed by atoms with Crippen LogP contribution in [0.4, 0.5) is 0 Å². The minimum atomic E-state index is -0.463. The molecule has 0 fully saturated rings. The van der Waals surface area contributed by atoms with Crippen molar-refractivity contribution in [2.45, 2.75) is 33.8 Å². The van der Waals surface area contributed by atoms with Crippen LogP contribution >= 0.6 is 0 Å². The van der Waals surface area contributed by atoms with Crippen LogP contribution in [-0.2, 0) is 19.0 Å². The molecule has 1 unspecified atom stereocenters. The molecule has 0 aliphatic rings. The maximum absolute atomic E-state index is 11.4. The van der Waals surface area contributed by atoms with Gasteiger partial charge in [0.15, 0.2) is 0 Å². The van der Waals surface area contributed by atoms with E-state index in [4.69, 9.17) is 14.2 Å². The van der Waals surface area contributed by atoms with E-state index in [0.29, 0.717) is 6.61 Å². The summed E-state index contributed by atoms with van der Waals surface area (Å²) in [6, 6.07) is 0. The third kappa shape index (κ3) is 5.94. The van der Waals surface area contributed by atoms with Crippen LogP contribution in [0, 0.1) is 5.41 Å². The van der Waals surface area contributed by atoms with E-state index in [0.717, 1.165) is 0 Å². The summed E-state index contributed by atoms with van der Waals surface area (Å²) >= 11 is 0. The Kier molecular flexibility index (Phi) is 5.72. The Morgan fingerprint density at radius 3 is 2.36 bits per heavy atom. The molecule has 14 heavy (non-hydrogen) atoms. The molecule has 1 atom stereocenters. The summed E-state index contributed by atoms with van der Waals surface area (Å²) in [5.74, 6) is -0.217. The molecule has 0 aliphatic heterocycles. The fourth-order valence-corrected chi connectivity index (χ4v) is 0.691. The molecule has 4 heteroatoms. The van der Waals surface area contributed by atoms with Gasteiger partial charge in [-0.25, -0.2) is 0 Å². The quantitative estimate of drug-likeness (QED) is 0.387. The first-order valence-corrected chi connectivity index (χ1v) is 4.65. The van der Waals surface area contributed by atoms with Gasteiger partial charge in [0.25, 0.3) is 0 Å². The SMILES string of the molecule is COCOCC(C)OC(=O)C(C)(C)C. The molecular formula is C10H20O4. The normalized spacial score (nSPS) is 13.8. The van der Waals surface area contributed by atoms with Crippen LogP contribution in [0.15, 0.2) is 0 Å². The molecule has 0 aliphatic carbocycles. The second-order valence-corrected chi connectivity index (χ2v) is 4.24. The van der Waals surface area contributed by atoms with Crippen molar-refractivity contribution in [1.82, 2.24) is 0 Å². The average Bonchev–Trinajstić information content (AvgIpc) is 2.03. The summed E-state index contributed by atoms with van der Waals surface area (Å²) in [6.07, 6.45) is -0.239. The van der Waals surface area contributed by atoms with Crippen molar-refractivity contribution in [1.29, 1.82) is 0 Å². The third-order valence-corrected chi connectivity index (χ3v) is 1.47. The van der Waals surface area contributed by atoms with Crippen molar-refractivity contribution in [3.63, 3.8) is 0 Å². The monoisotopic (exact) mass is 204 g/mol. The Balaban J connectivity index is 3.72. The smallest absolute Gasteiger partial charge is 0.311 e. The zero-order valence-electron chi connectivity index (χ0n) is 9.62. The molecule has 0 aromatic carbocycles.